The van der Waals surface area contributed by atoms with E-state index >= 15 is 0 Å². The number of hydrogen-bond donors (Lipinski definition) is 2. The molecule has 0 bridgehead atoms. The summed E-state index contributed by atoms with van der Waals surface area (Å²) in [5, 5.41) is 6.55. The summed E-state index contributed by atoms with van der Waals surface area (Å²) < 4.78 is 18.5. The number of rotatable bonds is 6. The Kier molecular flexibility index (Phi) is 8.65. The van der Waals surface area contributed by atoms with E-state index in [-0.39, 0.29) is 29.8 Å². The average molecular weight is 512 g/mol. The maximum Gasteiger partial charge on any atom is 0.219 e. The third-order valence-electron chi connectivity index (χ3n) is 3.74. The molecule has 0 fully saturated rings. The number of benzene rings is 1. The van der Waals surface area contributed by atoms with Crippen LogP contribution in [0.1, 0.15) is 15.3 Å². The Morgan fingerprint density at radius 3 is 2.43 bits per heavy atom. The van der Waals surface area contributed by atoms with Gasteiger partial charge in [0, 0.05) is 35.6 Å². The van der Waals surface area contributed by atoms with Gasteiger partial charge in [0.05, 0.1) is 6.54 Å². The van der Waals surface area contributed by atoms with Crippen molar-refractivity contribution in [1.29, 1.82) is 0 Å². The molecule has 0 aliphatic carbocycles. The van der Waals surface area contributed by atoms with Gasteiger partial charge in [0.25, 0.3) is 0 Å². The van der Waals surface area contributed by atoms with Crippen LogP contribution in [0.3, 0.4) is 0 Å². The zero-order valence-electron chi connectivity index (χ0n) is 15.6. The minimum atomic E-state index is -0.298. The molecular formula is C20H22FIN4OS. The fourth-order valence-electron chi connectivity index (χ4n) is 2.36. The fraction of sp³-hybridized carbons (Fsp3) is 0.200. The standard InChI is InChI=1S/C20H21FN4OS.HI/c1-14-3-9-18(27-14)13-25-20(22-2)24-12-15-4-10-19(23-11-15)26-17-7-5-16(21)6-8-17;/h3-11H,12-13H2,1-2H3,(H2,22,24,25);1H. The van der Waals surface area contributed by atoms with E-state index in [1.54, 1.807) is 42.8 Å². The van der Waals surface area contributed by atoms with E-state index in [1.165, 1.54) is 21.9 Å². The number of nitrogens with zero attached hydrogens (tertiary/aromatic N) is 2. The molecule has 0 radical (unpaired) electrons. The molecule has 8 heteroatoms. The first kappa shape index (κ1) is 22.1. The number of ether oxygens (including phenoxy) is 1. The normalized spacial score (nSPS) is 10.9. The van der Waals surface area contributed by atoms with Crippen LogP contribution in [0.15, 0.2) is 59.7 Å². The number of thiophene rings is 1. The minimum Gasteiger partial charge on any atom is -0.439 e. The van der Waals surface area contributed by atoms with Crippen molar-refractivity contribution in [2.24, 2.45) is 4.99 Å². The van der Waals surface area contributed by atoms with Gasteiger partial charge in [-0.25, -0.2) is 9.37 Å². The van der Waals surface area contributed by atoms with Crippen molar-refractivity contribution in [2.75, 3.05) is 7.05 Å². The van der Waals surface area contributed by atoms with Gasteiger partial charge in [0.1, 0.15) is 11.6 Å². The molecule has 0 saturated carbocycles. The van der Waals surface area contributed by atoms with Crippen LogP contribution in [0.25, 0.3) is 0 Å². The van der Waals surface area contributed by atoms with Crippen molar-refractivity contribution in [2.45, 2.75) is 20.0 Å². The smallest absolute Gasteiger partial charge is 0.219 e. The lowest BCUT2D eigenvalue weighted by Crippen LogP contribution is -2.36. The lowest BCUT2D eigenvalue weighted by atomic mass is 10.3. The zero-order valence-corrected chi connectivity index (χ0v) is 18.8. The van der Waals surface area contributed by atoms with Gasteiger partial charge in [0.2, 0.25) is 5.88 Å². The molecule has 2 heterocycles. The summed E-state index contributed by atoms with van der Waals surface area (Å²) in [6.07, 6.45) is 1.74. The molecule has 1 aromatic carbocycles. The van der Waals surface area contributed by atoms with Crippen LogP contribution in [0.5, 0.6) is 11.6 Å². The minimum absolute atomic E-state index is 0. The summed E-state index contributed by atoms with van der Waals surface area (Å²) in [6.45, 7) is 3.42. The van der Waals surface area contributed by atoms with Crippen LogP contribution in [0.2, 0.25) is 0 Å². The predicted octanol–water partition coefficient (Wildman–Crippen LogP) is 4.87. The van der Waals surface area contributed by atoms with E-state index in [1.807, 2.05) is 6.07 Å². The highest BCUT2D eigenvalue weighted by Crippen LogP contribution is 2.19. The first-order valence-corrected chi connectivity index (χ1v) is 9.32. The van der Waals surface area contributed by atoms with Gasteiger partial charge >= 0.3 is 0 Å². The molecule has 0 unspecified atom stereocenters. The van der Waals surface area contributed by atoms with Crippen molar-refractivity contribution >= 4 is 41.3 Å². The second-order valence-corrected chi connectivity index (χ2v) is 7.22. The Labute approximate surface area is 185 Å². The van der Waals surface area contributed by atoms with E-state index in [9.17, 15) is 4.39 Å². The van der Waals surface area contributed by atoms with Crippen molar-refractivity contribution < 1.29 is 9.13 Å². The molecule has 28 heavy (non-hydrogen) atoms. The molecule has 0 saturated heterocycles. The maximum absolute atomic E-state index is 12.9. The number of aryl methyl sites for hydroxylation is 1. The van der Waals surface area contributed by atoms with Crippen LogP contribution in [0, 0.1) is 12.7 Å². The second-order valence-electron chi connectivity index (χ2n) is 5.85. The molecule has 2 aromatic heterocycles. The molecule has 0 amide bonds. The predicted molar refractivity (Wildman–Crippen MR) is 122 cm³/mol. The van der Waals surface area contributed by atoms with E-state index in [0.717, 1.165) is 18.1 Å². The van der Waals surface area contributed by atoms with Crippen molar-refractivity contribution in [3.63, 3.8) is 0 Å². The summed E-state index contributed by atoms with van der Waals surface area (Å²) in [4.78, 5) is 11.1. The molecule has 148 valence electrons. The Bertz CT molecular complexity index is 897. The molecule has 0 aliphatic rings. The summed E-state index contributed by atoms with van der Waals surface area (Å²) in [7, 11) is 1.74. The summed E-state index contributed by atoms with van der Waals surface area (Å²) >= 11 is 1.77. The molecule has 3 aromatic rings. The van der Waals surface area contributed by atoms with E-state index in [4.69, 9.17) is 4.74 Å². The largest absolute Gasteiger partial charge is 0.439 e. The first-order valence-electron chi connectivity index (χ1n) is 8.50. The Morgan fingerprint density at radius 1 is 1.07 bits per heavy atom. The molecule has 0 atom stereocenters. The zero-order chi connectivity index (χ0) is 19.1. The molecule has 0 spiro atoms. The van der Waals surface area contributed by atoms with Gasteiger partial charge < -0.3 is 15.4 Å². The van der Waals surface area contributed by atoms with Gasteiger partial charge in [0.15, 0.2) is 5.96 Å². The molecule has 0 aliphatic heterocycles. The van der Waals surface area contributed by atoms with Crippen LogP contribution in [0.4, 0.5) is 4.39 Å². The highest BCUT2D eigenvalue weighted by molar-refractivity contribution is 14.0. The second kappa shape index (κ2) is 11.0. The van der Waals surface area contributed by atoms with Gasteiger partial charge in [-0.15, -0.1) is 35.3 Å². The van der Waals surface area contributed by atoms with Crippen LogP contribution in [-0.2, 0) is 13.1 Å². The van der Waals surface area contributed by atoms with Gasteiger partial charge in [-0.3, -0.25) is 4.99 Å². The monoisotopic (exact) mass is 512 g/mol. The number of nitrogens with one attached hydrogen (secondary N) is 2. The number of guanidine groups is 1. The summed E-state index contributed by atoms with van der Waals surface area (Å²) in [6, 6.07) is 13.8. The Balaban J connectivity index is 0.00000280. The average Bonchev–Trinajstić information content (AvgIpc) is 3.10. The summed E-state index contributed by atoms with van der Waals surface area (Å²) in [5.41, 5.74) is 0.997. The number of aliphatic imine (C=N–C) groups is 1. The van der Waals surface area contributed by atoms with Gasteiger partial charge in [-0.1, -0.05) is 6.07 Å². The van der Waals surface area contributed by atoms with E-state index < -0.39 is 0 Å². The molecular weight excluding hydrogens is 490 g/mol. The highest BCUT2D eigenvalue weighted by Gasteiger charge is 2.03. The Morgan fingerprint density at radius 2 is 1.82 bits per heavy atom. The Hall–Kier alpha value is -2.20. The SMILES string of the molecule is CN=C(NCc1ccc(Oc2ccc(F)cc2)nc1)NCc1ccc(C)s1.I. The third kappa shape index (κ3) is 6.75. The third-order valence-corrected chi connectivity index (χ3v) is 4.74. The van der Waals surface area contributed by atoms with E-state index in [2.05, 4.69) is 39.7 Å². The van der Waals surface area contributed by atoms with Crippen molar-refractivity contribution in [3.8, 4) is 11.6 Å². The van der Waals surface area contributed by atoms with Gasteiger partial charge in [-0.05, 0) is 48.9 Å². The number of aromatic nitrogens is 1. The summed E-state index contributed by atoms with van der Waals surface area (Å²) in [5.74, 6) is 1.43. The van der Waals surface area contributed by atoms with Crippen molar-refractivity contribution in [3.05, 3.63) is 75.9 Å². The van der Waals surface area contributed by atoms with Crippen molar-refractivity contribution in [1.82, 2.24) is 15.6 Å². The lowest BCUT2D eigenvalue weighted by molar-refractivity contribution is 0.461. The number of hydrogen-bond acceptors (Lipinski definition) is 4. The topological polar surface area (TPSA) is 58.5 Å². The fourth-order valence-corrected chi connectivity index (χ4v) is 3.19. The first-order chi connectivity index (χ1) is 13.1. The highest BCUT2D eigenvalue weighted by atomic mass is 127. The molecule has 2 N–H and O–H groups in total. The van der Waals surface area contributed by atoms with Crippen LogP contribution < -0.4 is 15.4 Å². The molecule has 5 nitrogen and oxygen atoms in total. The van der Waals surface area contributed by atoms with Crippen LogP contribution >= 0.6 is 35.3 Å². The lowest BCUT2D eigenvalue weighted by Gasteiger charge is -2.11. The van der Waals surface area contributed by atoms with Crippen LogP contribution in [-0.4, -0.2) is 18.0 Å². The molecule has 3 rings (SSSR count). The number of halogens is 2. The quantitative estimate of drug-likeness (QED) is 0.281. The number of pyridine rings is 1. The van der Waals surface area contributed by atoms with E-state index in [0.29, 0.717) is 18.2 Å². The van der Waals surface area contributed by atoms with Gasteiger partial charge in [-0.2, -0.15) is 0 Å². The maximum atomic E-state index is 12.9.